The van der Waals surface area contributed by atoms with Gasteiger partial charge in [-0.3, -0.25) is 4.79 Å². The zero-order chi connectivity index (χ0) is 15.2. The second kappa shape index (κ2) is 7.22. The van der Waals surface area contributed by atoms with Crippen molar-refractivity contribution in [3.05, 3.63) is 58.3 Å². The molecule has 0 fully saturated rings. The van der Waals surface area contributed by atoms with Crippen LogP contribution in [-0.2, 0) is 0 Å². The van der Waals surface area contributed by atoms with Crippen molar-refractivity contribution in [3.63, 3.8) is 0 Å². The highest BCUT2D eigenvalue weighted by molar-refractivity contribution is 9.10. The number of rotatable bonds is 5. The molecular formula is C16H16BrFN2O. The second-order valence-corrected chi connectivity index (χ2v) is 5.50. The summed E-state index contributed by atoms with van der Waals surface area (Å²) in [5, 5.41) is 5.79. The molecule has 0 atom stereocenters. The molecule has 0 radical (unpaired) electrons. The van der Waals surface area contributed by atoms with Gasteiger partial charge in [-0.05, 0) is 48.9 Å². The van der Waals surface area contributed by atoms with E-state index in [2.05, 4.69) is 33.5 Å². The lowest BCUT2D eigenvalue weighted by atomic mass is 10.2. The summed E-state index contributed by atoms with van der Waals surface area (Å²) in [6.07, 6.45) is 1.03. The quantitative estimate of drug-likeness (QED) is 0.823. The van der Waals surface area contributed by atoms with E-state index < -0.39 is 5.82 Å². The monoisotopic (exact) mass is 350 g/mol. The van der Waals surface area contributed by atoms with Gasteiger partial charge < -0.3 is 10.6 Å². The predicted molar refractivity (Wildman–Crippen MR) is 87.3 cm³/mol. The number of hydrogen-bond donors (Lipinski definition) is 2. The number of carbonyl (C=O) groups excluding carboxylic acids is 1. The van der Waals surface area contributed by atoms with E-state index >= 15 is 0 Å². The van der Waals surface area contributed by atoms with Gasteiger partial charge in [0.25, 0.3) is 5.91 Å². The normalized spacial score (nSPS) is 10.2. The minimum absolute atomic E-state index is 0.155. The molecule has 3 nitrogen and oxygen atoms in total. The lowest BCUT2D eigenvalue weighted by molar-refractivity contribution is 0.102. The first-order valence-corrected chi connectivity index (χ1v) is 7.50. The van der Waals surface area contributed by atoms with Crippen LogP contribution in [0.4, 0.5) is 15.8 Å². The molecule has 0 unspecified atom stereocenters. The van der Waals surface area contributed by atoms with E-state index in [4.69, 9.17) is 0 Å². The fraction of sp³-hybridized carbons (Fsp3) is 0.188. The molecule has 0 bridgehead atoms. The molecule has 0 heterocycles. The van der Waals surface area contributed by atoms with Gasteiger partial charge in [-0.25, -0.2) is 4.39 Å². The van der Waals surface area contributed by atoms with E-state index in [9.17, 15) is 9.18 Å². The molecule has 110 valence electrons. The molecule has 0 saturated heterocycles. The fourth-order valence-electron chi connectivity index (χ4n) is 1.80. The van der Waals surface area contributed by atoms with Crippen LogP contribution in [0.5, 0.6) is 0 Å². The van der Waals surface area contributed by atoms with Crippen molar-refractivity contribution >= 4 is 33.2 Å². The highest BCUT2D eigenvalue weighted by Gasteiger charge is 2.09. The number of amides is 1. The van der Waals surface area contributed by atoms with E-state index in [-0.39, 0.29) is 11.6 Å². The topological polar surface area (TPSA) is 41.1 Å². The third-order valence-electron chi connectivity index (χ3n) is 2.90. The van der Waals surface area contributed by atoms with Crippen molar-refractivity contribution in [1.82, 2.24) is 0 Å². The fourth-order valence-corrected chi connectivity index (χ4v) is 2.16. The molecule has 0 aromatic heterocycles. The number of carbonyl (C=O) groups is 1. The summed E-state index contributed by atoms with van der Waals surface area (Å²) in [6.45, 7) is 2.97. The maximum atomic E-state index is 13.6. The van der Waals surface area contributed by atoms with Crippen molar-refractivity contribution in [1.29, 1.82) is 0 Å². The van der Waals surface area contributed by atoms with Gasteiger partial charge in [0.15, 0.2) is 0 Å². The van der Waals surface area contributed by atoms with Crippen molar-refractivity contribution in [2.45, 2.75) is 13.3 Å². The third-order valence-corrected chi connectivity index (χ3v) is 3.40. The Bertz CT molecular complexity index is 629. The van der Waals surface area contributed by atoms with Gasteiger partial charge in [-0.2, -0.15) is 0 Å². The lowest BCUT2D eigenvalue weighted by Gasteiger charge is -2.08. The van der Waals surface area contributed by atoms with E-state index in [1.807, 2.05) is 12.1 Å². The van der Waals surface area contributed by atoms with Gasteiger partial charge in [0.1, 0.15) is 5.82 Å². The minimum atomic E-state index is -0.465. The average Bonchev–Trinajstić information content (AvgIpc) is 2.49. The van der Waals surface area contributed by atoms with Crippen LogP contribution in [0.2, 0.25) is 0 Å². The van der Waals surface area contributed by atoms with Crippen molar-refractivity contribution in [3.8, 4) is 0 Å². The maximum Gasteiger partial charge on any atom is 0.255 e. The number of anilines is 2. The zero-order valence-corrected chi connectivity index (χ0v) is 13.2. The van der Waals surface area contributed by atoms with Crippen molar-refractivity contribution in [2.75, 3.05) is 17.2 Å². The first kappa shape index (κ1) is 15.5. The van der Waals surface area contributed by atoms with Gasteiger partial charge in [-0.1, -0.05) is 22.9 Å². The predicted octanol–water partition coefficient (Wildman–Crippen LogP) is 4.66. The summed E-state index contributed by atoms with van der Waals surface area (Å²) in [5.41, 5.74) is 1.60. The first-order chi connectivity index (χ1) is 10.1. The summed E-state index contributed by atoms with van der Waals surface area (Å²) in [5.74, 6) is -0.804. The van der Waals surface area contributed by atoms with Crippen LogP contribution in [0.1, 0.15) is 23.7 Å². The third kappa shape index (κ3) is 4.29. The Balaban J connectivity index is 2.07. The Morgan fingerprint density at radius 3 is 2.57 bits per heavy atom. The van der Waals surface area contributed by atoms with Crippen LogP contribution in [0.3, 0.4) is 0 Å². The van der Waals surface area contributed by atoms with Gasteiger partial charge in [0.2, 0.25) is 0 Å². The van der Waals surface area contributed by atoms with Crippen LogP contribution in [-0.4, -0.2) is 12.5 Å². The largest absolute Gasteiger partial charge is 0.385 e. The SMILES string of the molecule is CCCNc1ccc(C(=O)Nc2cc(Br)ccc2F)cc1. The van der Waals surface area contributed by atoms with Crippen LogP contribution in [0.25, 0.3) is 0 Å². The van der Waals surface area contributed by atoms with E-state index in [1.165, 1.54) is 12.1 Å². The summed E-state index contributed by atoms with van der Waals surface area (Å²) in [7, 11) is 0. The Morgan fingerprint density at radius 2 is 1.90 bits per heavy atom. The smallest absolute Gasteiger partial charge is 0.255 e. The molecule has 21 heavy (non-hydrogen) atoms. The molecule has 2 aromatic rings. The van der Waals surface area contributed by atoms with Crippen molar-refractivity contribution in [2.24, 2.45) is 0 Å². The van der Waals surface area contributed by atoms with Gasteiger partial charge >= 0.3 is 0 Å². The number of benzene rings is 2. The Hall–Kier alpha value is -1.88. The van der Waals surface area contributed by atoms with Crippen LogP contribution in [0.15, 0.2) is 46.9 Å². The van der Waals surface area contributed by atoms with Gasteiger partial charge in [-0.15, -0.1) is 0 Å². The molecule has 0 aliphatic carbocycles. The summed E-state index contributed by atoms with van der Waals surface area (Å²) >= 11 is 3.25. The van der Waals surface area contributed by atoms with E-state index in [0.29, 0.717) is 10.0 Å². The van der Waals surface area contributed by atoms with E-state index in [1.54, 1.807) is 18.2 Å². The molecule has 2 rings (SSSR count). The molecule has 2 N–H and O–H groups in total. The molecule has 0 spiro atoms. The van der Waals surface area contributed by atoms with Gasteiger partial charge in [0.05, 0.1) is 5.69 Å². The highest BCUT2D eigenvalue weighted by atomic mass is 79.9. The number of halogens is 2. The van der Waals surface area contributed by atoms with Crippen LogP contribution < -0.4 is 10.6 Å². The Morgan fingerprint density at radius 1 is 1.19 bits per heavy atom. The number of nitrogens with one attached hydrogen (secondary N) is 2. The molecule has 0 aliphatic rings. The zero-order valence-electron chi connectivity index (χ0n) is 11.6. The summed E-state index contributed by atoms with van der Waals surface area (Å²) in [6, 6.07) is 11.5. The molecule has 2 aromatic carbocycles. The second-order valence-electron chi connectivity index (χ2n) is 4.58. The Kier molecular flexibility index (Phi) is 5.33. The van der Waals surface area contributed by atoms with E-state index in [0.717, 1.165) is 18.7 Å². The first-order valence-electron chi connectivity index (χ1n) is 6.70. The maximum absolute atomic E-state index is 13.6. The highest BCUT2D eigenvalue weighted by Crippen LogP contribution is 2.21. The molecular weight excluding hydrogens is 335 g/mol. The molecule has 1 amide bonds. The summed E-state index contributed by atoms with van der Waals surface area (Å²) in [4.78, 5) is 12.1. The molecule has 5 heteroatoms. The Labute approximate surface area is 131 Å². The minimum Gasteiger partial charge on any atom is -0.385 e. The molecule has 0 aliphatic heterocycles. The lowest BCUT2D eigenvalue weighted by Crippen LogP contribution is -2.13. The van der Waals surface area contributed by atoms with Gasteiger partial charge in [0, 0.05) is 22.3 Å². The molecule has 0 saturated carbocycles. The number of hydrogen-bond acceptors (Lipinski definition) is 2. The summed E-state index contributed by atoms with van der Waals surface area (Å²) < 4.78 is 14.3. The average molecular weight is 351 g/mol. The van der Waals surface area contributed by atoms with Crippen LogP contribution >= 0.6 is 15.9 Å². The van der Waals surface area contributed by atoms with Crippen molar-refractivity contribution < 1.29 is 9.18 Å². The van der Waals surface area contributed by atoms with Crippen LogP contribution in [0, 0.1) is 5.82 Å². The standard InChI is InChI=1S/C16H16BrFN2O/c1-2-9-19-13-6-3-11(4-7-13)16(21)20-15-10-12(17)5-8-14(15)18/h3-8,10,19H,2,9H2,1H3,(H,20,21).